The third kappa shape index (κ3) is 2.89. The number of benzene rings is 2. The van der Waals surface area contributed by atoms with Gasteiger partial charge in [-0.3, -0.25) is 9.48 Å². The molecule has 5 rings (SSSR count). The van der Waals surface area contributed by atoms with E-state index in [9.17, 15) is 4.79 Å². The van der Waals surface area contributed by atoms with Crippen LogP contribution in [0.4, 0.5) is 5.69 Å². The molecule has 7 heteroatoms. The number of carbonyl (C=O) groups is 1. The van der Waals surface area contributed by atoms with Crippen LogP contribution < -0.4 is 5.32 Å². The zero-order valence-corrected chi connectivity index (χ0v) is 16.9. The van der Waals surface area contributed by atoms with Gasteiger partial charge in [-0.2, -0.15) is 5.10 Å². The first-order valence-corrected chi connectivity index (χ1v) is 10.4. The maximum atomic E-state index is 12.7. The minimum Gasteiger partial charge on any atom is -0.321 e. The summed E-state index contributed by atoms with van der Waals surface area (Å²) in [7, 11) is 1.90. The molecule has 0 radical (unpaired) electrons. The smallest absolute Gasteiger partial charge is 0.265 e. The van der Waals surface area contributed by atoms with Crippen molar-refractivity contribution in [3.05, 3.63) is 65.2 Å². The predicted molar refractivity (Wildman–Crippen MR) is 116 cm³/mol. The second kappa shape index (κ2) is 6.54. The van der Waals surface area contributed by atoms with Gasteiger partial charge >= 0.3 is 0 Å². The van der Waals surface area contributed by atoms with Crippen molar-refractivity contribution < 1.29 is 4.79 Å². The number of hydrogen-bond donors (Lipinski definition) is 1. The molecule has 1 N–H and O–H groups in total. The topological polar surface area (TPSA) is 59.8 Å². The van der Waals surface area contributed by atoms with E-state index < -0.39 is 0 Å². The Morgan fingerprint density at radius 3 is 2.75 bits per heavy atom. The van der Waals surface area contributed by atoms with Crippen molar-refractivity contribution in [1.29, 1.82) is 0 Å². The maximum Gasteiger partial charge on any atom is 0.265 e. The molecule has 0 saturated heterocycles. The van der Waals surface area contributed by atoms with Gasteiger partial charge in [0, 0.05) is 23.7 Å². The molecule has 138 valence electrons. The summed E-state index contributed by atoms with van der Waals surface area (Å²) in [4.78, 5) is 19.1. The second-order valence-corrected chi connectivity index (χ2v) is 8.62. The summed E-state index contributed by atoms with van der Waals surface area (Å²) in [5, 5.41) is 9.37. The summed E-state index contributed by atoms with van der Waals surface area (Å²) in [5.74, 6) is -0.109. The van der Waals surface area contributed by atoms with Crippen LogP contribution in [0.5, 0.6) is 0 Å². The highest BCUT2D eigenvalue weighted by Crippen LogP contribution is 2.32. The summed E-state index contributed by atoms with van der Waals surface area (Å²) < 4.78 is 2.97. The lowest BCUT2D eigenvalue weighted by Gasteiger charge is -2.05. The summed E-state index contributed by atoms with van der Waals surface area (Å²) in [6.45, 7) is 1.96. The Balaban J connectivity index is 1.44. The van der Waals surface area contributed by atoms with E-state index in [0.29, 0.717) is 4.88 Å². The molecule has 3 heterocycles. The lowest BCUT2D eigenvalue weighted by Crippen LogP contribution is -2.10. The molecule has 28 heavy (non-hydrogen) atoms. The first-order valence-electron chi connectivity index (χ1n) is 8.79. The van der Waals surface area contributed by atoms with E-state index in [1.807, 2.05) is 67.2 Å². The van der Waals surface area contributed by atoms with Gasteiger partial charge in [0.2, 0.25) is 0 Å². The molecular weight excluding hydrogens is 388 g/mol. The Morgan fingerprint density at radius 1 is 1.07 bits per heavy atom. The quantitative estimate of drug-likeness (QED) is 0.434. The standard InChI is InChI=1S/C21H16N4OS2/c1-12-15-11-18(28-21(15)25(2)24-12)19(26)22-14-7-5-6-13(10-14)20-23-16-8-3-4-9-17(16)27-20/h3-11H,1-2H3,(H,22,26). The van der Waals surface area contributed by atoms with Crippen molar-refractivity contribution in [2.75, 3.05) is 5.32 Å². The summed E-state index contributed by atoms with van der Waals surface area (Å²) in [6.07, 6.45) is 0. The number of thiazole rings is 1. The van der Waals surface area contributed by atoms with Crippen LogP contribution in [-0.4, -0.2) is 20.7 Å². The Morgan fingerprint density at radius 2 is 1.93 bits per heavy atom. The fourth-order valence-electron chi connectivity index (χ4n) is 3.24. The number of hydrogen-bond acceptors (Lipinski definition) is 5. The molecule has 5 nitrogen and oxygen atoms in total. The number of carbonyl (C=O) groups excluding carboxylic acids is 1. The minimum atomic E-state index is -0.109. The fourth-order valence-corrected chi connectivity index (χ4v) is 5.22. The molecule has 1 amide bonds. The predicted octanol–water partition coefficient (Wildman–Crippen LogP) is 5.47. The monoisotopic (exact) mass is 404 g/mol. The van der Waals surface area contributed by atoms with Gasteiger partial charge in [-0.15, -0.1) is 22.7 Å². The van der Waals surface area contributed by atoms with E-state index in [-0.39, 0.29) is 5.91 Å². The molecule has 0 aliphatic carbocycles. The van der Waals surface area contributed by atoms with Crippen LogP contribution in [0.15, 0.2) is 54.6 Å². The lowest BCUT2D eigenvalue weighted by atomic mass is 10.2. The van der Waals surface area contributed by atoms with Crippen LogP contribution in [0, 0.1) is 6.92 Å². The van der Waals surface area contributed by atoms with Gasteiger partial charge in [0.15, 0.2) is 0 Å². The van der Waals surface area contributed by atoms with Gasteiger partial charge in [-0.25, -0.2) is 4.98 Å². The normalized spacial score (nSPS) is 11.4. The zero-order chi connectivity index (χ0) is 19.3. The Labute approximate surface area is 169 Å². The Hall–Kier alpha value is -3.03. The number of aryl methyl sites for hydroxylation is 2. The number of fused-ring (bicyclic) bond motifs is 2. The van der Waals surface area contributed by atoms with Crippen molar-refractivity contribution >= 4 is 54.7 Å². The maximum absolute atomic E-state index is 12.7. The molecule has 0 fully saturated rings. The van der Waals surface area contributed by atoms with Crippen LogP contribution in [0.2, 0.25) is 0 Å². The van der Waals surface area contributed by atoms with Crippen molar-refractivity contribution in [1.82, 2.24) is 14.8 Å². The number of rotatable bonds is 3. The average Bonchev–Trinajstić information content (AvgIpc) is 3.38. The number of anilines is 1. The molecule has 0 spiro atoms. The van der Waals surface area contributed by atoms with Gasteiger partial charge in [-0.05, 0) is 37.3 Å². The number of nitrogens with zero attached hydrogens (tertiary/aromatic N) is 3. The Kier molecular flexibility index (Phi) is 3.99. The van der Waals surface area contributed by atoms with Crippen molar-refractivity contribution in [2.24, 2.45) is 7.05 Å². The van der Waals surface area contributed by atoms with E-state index in [0.717, 1.165) is 42.4 Å². The molecule has 0 aliphatic heterocycles. The number of para-hydroxylation sites is 1. The van der Waals surface area contributed by atoms with E-state index in [2.05, 4.69) is 16.5 Å². The van der Waals surface area contributed by atoms with Crippen LogP contribution in [-0.2, 0) is 7.05 Å². The van der Waals surface area contributed by atoms with Gasteiger partial charge in [0.1, 0.15) is 9.84 Å². The minimum absolute atomic E-state index is 0.109. The zero-order valence-electron chi connectivity index (χ0n) is 15.3. The van der Waals surface area contributed by atoms with E-state index in [1.54, 1.807) is 11.3 Å². The van der Waals surface area contributed by atoms with E-state index in [4.69, 9.17) is 4.98 Å². The molecule has 0 aliphatic rings. The number of amides is 1. The van der Waals surface area contributed by atoms with Crippen LogP contribution in [0.1, 0.15) is 15.4 Å². The summed E-state index contributed by atoms with van der Waals surface area (Å²) in [6, 6.07) is 17.8. The highest BCUT2D eigenvalue weighted by molar-refractivity contribution is 7.21. The molecule has 0 saturated carbocycles. The summed E-state index contributed by atoms with van der Waals surface area (Å²) in [5.41, 5.74) is 3.68. The van der Waals surface area contributed by atoms with Gasteiger partial charge in [0.05, 0.1) is 20.8 Å². The molecule has 0 bridgehead atoms. The number of aromatic nitrogens is 3. The molecule has 2 aromatic carbocycles. The molecule has 0 atom stereocenters. The van der Waals surface area contributed by atoms with Crippen LogP contribution in [0.3, 0.4) is 0 Å². The summed E-state index contributed by atoms with van der Waals surface area (Å²) >= 11 is 3.10. The molecule has 3 aromatic heterocycles. The molecule has 5 aromatic rings. The first-order chi connectivity index (χ1) is 13.6. The highest BCUT2D eigenvalue weighted by Gasteiger charge is 2.15. The van der Waals surface area contributed by atoms with Crippen LogP contribution >= 0.6 is 22.7 Å². The number of nitrogens with one attached hydrogen (secondary N) is 1. The second-order valence-electron chi connectivity index (χ2n) is 6.56. The third-order valence-corrected chi connectivity index (χ3v) is 6.87. The van der Waals surface area contributed by atoms with Crippen molar-refractivity contribution in [2.45, 2.75) is 6.92 Å². The van der Waals surface area contributed by atoms with Gasteiger partial charge < -0.3 is 5.32 Å². The lowest BCUT2D eigenvalue weighted by molar-refractivity contribution is 0.103. The Bertz CT molecular complexity index is 1280. The van der Waals surface area contributed by atoms with Crippen molar-refractivity contribution in [3.8, 4) is 10.6 Å². The fraction of sp³-hybridized carbons (Fsp3) is 0.0952. The van der Waals surface area contributed by atoms with E-state index >= 15 is 0 Å². The first kappa shape index (κ1) is 17.1. The van der Waals surface area contributed by atoms with E-state index in [1.165, 1.54) is 11.3 Å². The molecule has 0 unspecified atom stereocenters. The highest BCUT2D eigenvalue weighted by atomic mass is 32.1. The van der Waals surface area contributed by atoms with Crippen molar-refractivity contribution in [3.63, 3.8) is 0 Å². The average molecular weight is 405 g/mol. The van der Waals surface area contributed by atoms with Gasteiger partial charge in [0.25, 0.3) is 5.91 Å². The number of thiophene rings is 1. The third-order valence-electron chi connectivity index (χ3n) is 4.58. The van der Waals surface area contributed by atoms with Crippen LogP contribution in [0.25, 0.3) is 31.0 Å². The molecular formula is C21H16N4OS2. The SMILES string of the molecule is Cc1nn(C)c2sc(C(=O)Nc3cccc(-c4nc5ccccc5s4)c3)cc12. The largest absolute Gasteiger partial charge is 0.321 e. The van der Waals surface area contributed by atoms with Gasteiger partial charge in [-0.1, -0.05) is 24.3 Å².